The first-order valence-corrected chi connectivity index (χ1v) is 10.1. The number of halogens is 1. The van der Waals surface area contributed by atoms with E-state index in [-0.39, 0.29) is 17.8 Å². The molecular weight excluding hydrogens is 355 g/mol. The van der Waals surface area contributed by atoms with Crippen LogP contribution in [0.1, 0.15) is 50.3 Å². The summed E-state index contributed by atoms with van der Waals surface area (Å²) in [4.78, 5) is 26.1. The summed E-state index contributed by atoms with van der Waals surface area (Å²) >= 11 is 0. The molecule has 2 aromatic rings. The van der Waals surface area contributed by atoms with Crippen molar-refractivity contribution in [1.29, 1.82) is 0 Å². The molecule has 0 unspecified atom stereocenters. The third-order valence-corrected chi connectivity index (χ3v) is 5.75. The lowest BCUT2D eigenvalue weighted by molar-refractivity contribution is -0.134. The van der Waals surface area contributed by atoms with E-state index >= 15 is 0 Å². The minimum Gasteiger partial charge on any atom is -0.354 e. The maximum atomic E-state index is 13.2. The van der Waals surface area contributed by atoms with Crippen molar-refractivity contribution in [3.8, 4) is 0 Å². The van der Waals surface area contributed by atoms with Crippen LogP contribution < -0.4 is 4.90 Å². The quantitative estimate of drug-likeness (QED) is 0.790. The molecule has 1 aromatic heterocycles. The van der Waals surface area contributed by atoms with E-state index in [1.165, 1.54) is 25.0 Å². The summed E-state index contributed by atoms with van der Waals surface area (Å²) in [6.07, 6.45) is 4.51. The van der Waals surface area contributed by atoms with Crippen molar-refractivity contribution < 1.29 is 9.18 Å². The van der Waals surface area contributed by atoms with Gasteiger partial charge in [0, 0.05) is 43.7 Å². The van der Waals surface area contributed by atoms with Crippen LogP contribution in [0.15, 0.2) is 36.7 Å². The molecule has 1 saturated heterocycles. The first-order valence-electron chi connectivity index (χ1n) is 10.1. The van der Waals surface area contributed by atoms with Crippen molar-refractivity contribution in [2.45, 2.75) is 51.6 Å². The van der Waals surface area contributed by atoms with E-state index in [4.69, 9.17) is 0 Å². The van der Waals surface area contributed by atoms with Gasteiger partial charge < -0.3 is 9.80 Å². The average Bonchev–Trinajstić information content (AvgIpc) is 3.53. The number of carbonyl (C=O) groups excluding carboxylic acids is 1. The molecule has 148 valence electrons. The summed E-state index contributed by atoms with van der Waals surface area (Å²) in [6.45, 7) is 6.20. The van der Waals surface area contributed by atoms with Crippen molar-refractivity contribution in [3.05, 3.63) is 53.7 Å². The van der Waals surface area contributed by atoms with Crippen molar-refractivity contribution in [2.24, 2.45) is 5.92 Å². The molecule has 1 aromatic carbocycles. The van der Waals surface area contributed by atoms with E-state index in [1.807, 2.05) is 4.90 Å². The third-order valence-electron chi connectivity index (χ3n) is 5.75. The van der Waals surface area contributed by atoms with Crippen LogP contribution in [0.2, 0.25) is 0 Å². The Morgan fingerprint density at radius 1 is 1.18 bits per heavy atom. The molecule has 2 fully saturated rings. The summed E-state index contributed by atoms with van der Waals surface area (Å²) in [6, 6.07) is 8.59. The largest absolute Gasteiger partial charge is 0.354 e. The van der Waals surface area contributed by atoms with E-state index in [2.05, 4.69) is 34.8 Å². The Labute approximate surface area is 165 Å². The Morgan fingerprint density at radius 2 is 1.93 bits per heavy atom. The van der Waals surface area contributed by atoms with E-state index < -0.39 is 0 Å². The fraction of sp³-hybridized carbons (Fsp3) is 0.500. The molecule has 0 radical (unpaired) electrons. The summed E-state index contributed by atoms with van der Waals surface area (Å²) in [5.41, 5.74) is 2.07. The van der Waals surface area contributed by atoms with Crippen LogP contribution in [0.25, 0.3) is 0 Å². The van der Waals surface area contributed by atoms with Gasteiger partial charge in [0.1, 0.15) is 18.0 Å². The zero-order chi connectivity index (χ0) is 19.7. The standard InChI is InChI=1S/C22H27FN4O/c1-15(2)20-13-26(21-11-19(17-5-6-17)24-14-25-21)10-9-22(28)27(20)12-16-3-7-18(23)8-4-16/h3-4,7-8,11,14-15,17,20H,5-6,9-10,12-13H2,1-2H3/t20-/m0/s1. The van der Waals surface area contributed by atoms with Crippen molar-refractivity contribution in [3.63, 3.8) is 0 Å². The molecule has 1 aliphatic heterocycles. The van der Waals surface area contributed by atoms with Gasteiger partial charge in [-0.3, -0.25) is 4.79 Å². The highest BCUT2D eigenvalue weighted by Gasteiger charge is 2.33. The number of anilines is 1. The van der Waals surface area contributed by atoms with Gasteiger partial charge in [0.05, 0.1) is 6.04 Å². The Morgan fingerprint density at radius 3 is 2.61 bits per heavy atom. The summed E-state index contributed by atoms with van der Waals surface area (Å²) < 4.78 is 13.2. The fourth-order valence-electron chi connectivity index (χ4n) is 3.88. The van der Waals surface area contributed by atoms with Gasteiger partial charge in [-0.2, -0.15) is 0 Å². The molecule has 4 rings (SSSR count). The number of rotatable bonds is 5. The molecule has 6 heteroatoms. The molecule has 28 heavy (non-hydrogen) atoms. The molecule has 5 nitrogen and oxygen atoms in total. The van der Waals surface area contributed by atoms with Crippen molar-refractivity contribution in [2.75, 3.05) is 18.0 Å². The highest BCUT2D eigenvalue weighted by Crippen LogP contribution is 2.39. The lowest BCUT2D eigenvalue weighted by Gasteiger charge is -2.35. The zero-order valence-electron chi connectivity index (χ0n) is 16.5. The lowest BCUT2D eigenvalue weighted by atomic mass is 10.0. The molecule has 1 saturated carbocycles. The topological polar surface area (TPSA) is 49.3 Å². The molecule has 2 heterocycles. The third kappa shape index (κ3) is 4.16. The molecule has 1 amide bonds. The molecule has 0 spiro atoms. The van der Waals surface area contributed by atoms with Crippen molar-refractivity contribution in [1.82, 2.24) is 14.9 Å². The van der Waals surface area contributed by atoms with Crippen LogP contribution in [0.4, 0.5) is 10.2 Å². The smallest absolute Gasteiger partial charge is 0.224 e. The molecule has 1 aliphatic carbocycles. The van der Waals surface area contributed by atoms with Gasteiger partial charge in [-0.15, -0.1) is 0 Å². The Hall–Kier alpha value is -2.50. The Bertz CT molecular complexity index is 835. The fourth-order valence-corrected chi connectivity index (χ4v) is 3.88. The number of nitrogens with zero attached hydrogens (tertiary/aromatic N) is 4. The normalized spacial score (nSPS) is 20.6. The summed E-state index contributed by atoms with van der Waals surface area (Å²) in [5, 5.41) is 0. The second kappa shape index (κ2) is 7.86. The average molecular weight is 382 g/mol. The van der Waals surface area contributed by atoms with Gasteiger partial charge >= 0.3 is 0 Å². The second-order valence-corrected chi connectivity index (χ2v) is 8.23. The van der Waals surface area contributed by atoms with Crippen LogP contribution in [0.3, 0.4) is 0 Å². The molecular formula is C22H27FN4O. The predicted molar refractivity (Wildman–Crippen MR) is 106 cm³/mol. The molecule has 0 bridgehead atoms. The van der Waals surface area contributed by atoms with Gasteiger partial charge in [-0.05, 0) is 36.5 Å². The van der Waals surface area contributed by atoms with Crippen LogP contribution >= 0.6 is 0 Å². The van der Waals surface area contributed by atoms with Crippen LogP contribution in [0.5, 0.6) is 0 Å². The predicted octanol–water partition coefficient (Wildman–Crippen LogP) is 3.76. The van der Waals surface area contributed by atoms with Crippen LogP contribution in [-0.4, -0.2) is 39.9 Å². The van der Waals surface area contributed by atoms with Gasteiger partial charge in [0.2, 0.25) is 5.91 Å². The Kier molecular flexibility index (Phi) is 5.29. The maximum absolute atomic E-state index is 13.2. The number of carbonyl (C=O) groups is 1. The zero-order valence-corrected chi connectivity index (χ0v) is 16.5. The molecule has 0 N–H and O–H groups in total. The maximum Gasteiger partial charge on any atom is 0.224 e. The lowest BCUT2D eigenvalue weighted by Crippen LogP contribution is -2.46. The van der Waals surface area contributed by atoms with E-state index in [9.17, 15) is 9.18 Å². The highest BCUT2D eigenvalue weighted by molar-refractivity contribution is 5.78. The SMILES string of the molecule is CC(C)[C@@H]1CN(c2cc(C3CC3)ncn2)CCC(=O)N1Cc1ccc(F)cc1. The monoisotopic (exact) mass is 382 g/mol. The second-order valence-electron chi connectivity index (χ2n) is 8.23. The van der Waals surface area contributed by atoms with Gasteiger partial charge in [0.25, 0.3) is 0 Å². The number of aromatic nitrogens is 2. The molecule has 2 aliphatic rings. The first-order chi connectivity index (χ1) is 13.5. The van der Waals surface area contributed by atoms with Crippen LogP contribution in [0, 0.1) is 11.7 Å². The number of hydrogen-bond donors (Lipinski definition) is 0. The Balaban J connectivity index is 1.56. The minimum atomic E-state index is -0.257. The van der Waals surface area contributed by atoms with Crippen molar-refractivity contribution >= 4 is 11.7 Å². The van der Waals surface area contributed by atoms with E-state index in [1.54, 1.807) is 18.5 Å². The number of hydrogen-bond acceptors (Lipinski definition) is 4. The summed E-state index contributed by atoms with van der Waals surface area (Å²) in [7, 11) is 0. The number of benzene rings is 1. The molecule has 1 atom stereocenters. The van der Waals surface area contributed by atoms with Gasteiger partial charge in [0.15, 0.2) is 0 Å². The van der Waals surface area contributed by atoms with Crippen LogP contribution in [-0.2, 0) is 11.3 Å². The van der Waals surface area contributed by atoms with E-state index in [0.717, 1.165) is 23.6 Å². The van der Waals surface area contributed by atoms with E-state index in [0.29, 0.717) is 31.3 Å². The minimum absolute atomic E-state index is 0.0689. The number of amides is 1. The highest BCUT2D eigenvalue weighted by atomic mass is 19.1. The van der Waals surface area contributed by atoms with Gasteiger partial charge in [-0.1, -0.05) is 26.0 Å². The first kappa shape index (κ1) is 18.8. The summed E-state index contributed by atoms with van der Waals surface area (Å²) in [5.74, 6) is 1.68. The van der Waals surface area contributed by atoms with Gasteiger partial charge in [-0.25, -0.2) is 14.4 Å².